The molecule has 1 aromatic carbocycles. The van der Waals surface area contributed by atoms with Crippen molar-refractivity contribution in [1.82, 2.24) is 20.2 Å². The smallest absolute Gasteiger partial charge is 0.408 e. The third-order valence-corrected chi connectivity index (χ3v) is 5.81. The van der Waals surface area contributed by atoms with Gasteiger partial charge in [-0.15, -0.1) is 0 Å². The predicted octanol–water partition coefficient (Wildman–Crippen LogP) is 0.754. The van der Waals surface area contributed by atoms with Crippen molar-refractivity contribution in [3.05, 3.63) is 62.4 Å². The number of ether oxygens (including phenoxy) is 3. The van der Waals surface area contributed by atoms with Crippen LogP contribution >= 0.6 is 0 Å². The molecule has 2 heterocycles. The van der Waals surface area contributed by atoms with Crippen molar-refractivity contribution in [2.45, 2.75) is 70.6 Å². The number of aromatic amines is 1. The average Bonchev–Trinajstić information content (AvgIpc) is 3.22. The van der Waals surface area contributed by atoms with Crippen LogP contribution in [-0.2, 0) is 20.7 Å². The molecule has 4 atom stereocenters. The standard InChI is InChI=1S/C25H34N4O8/c1-14-12-29(23(33)28-21(14)31)20-11-17(19(13-30)36-20)26-22(32)18(27-24(34)37-25(2,3)4)10-15-6-8-16(35-5)9-7-15/h6-9,12,17-20,30H,10-11,13H2,1-5H3,(H,26,32)(H,27,34)(H,28,31,33)/t17-,18+,19+,20-/m1/s1. The first-order chi connectivity index (χ1) is 17.4. The Hall–Kier alpha value is -3.64. The van der Waals surface area contributed by atoms with Gasteiger partial charge in [0.25, 0.3) is 5.56 Å². The summed E-state index contributed by atoms with van der Waals surface area (Å²) < 4.78 is 17.5. The van der Waals surface area contributed by atoms with Crippen LogP contribution < -0.4 is 26.6 Å². The molecule has 1 fully saturated rings. The number of hydrogen-bond donors (Lipinski definition) is 4. The van der Waals surface area contributed by atoms with Gasteiger partial charge in [0.05, 0.1) is 19.8 Å². The maximum atomic E-state index is 13.3. The molecule has 1 aromatic heterocycles. The molecule has 12 heteroatoms. The first-order valence-electron chi connectivity index (χ1n) is 11.9. The van der Waals surface area contributed by atoms with Crippen molar-refractivity contribution in [3.63, 3.8) is 0 Å². The summed E-state index contributed by atoms with van der Waals surface area (Å²) in [6.07, 6.45) is -0.684. The van der Waals surface area contributed by atoms with Gasteiger partial charge in [-0.1, -0.05) is 12.1 Å². The zero-order chi connectivity index (χ0) is 27.3. The monoisotopic (exact) mass is 518 g/mol. The fourth-order valence-corrected chi connectivity index (χ4v) is 3.96. The summed E-state index contributed by atoms with van der Waals surface area (Å²) in [4.78, 5) is 52.1. The van der Waals surface area contributed by atoms with Crippen molar-refractivity contribution in [3.8, 4) is 5.75 Å². The number of carbonyl (C=O) groups is 2. The molecule has 0 bridgehead atoms. The number of benzene rings is 1. The Kier molecular flexibility index (Phi) is 8.77. The van der Waals surface area contributed by atoms with Gasteiger partial charge >= 0.3 is 11.8 Å². The van der Waals surface area contributed by atoms with Gasteiger partial charge in [-0.05, 0) is 45.4 Å². The van der Waals surface area contributed by atoms with E-state index in [1.807, 2.05) is 0 Å². The van der Waals surface area contributed by atoms with Crippen molar-refractivity contribution in [2.75, 3.05) is 13.7 Å². The molecule has 0 unspecified atom stereocenters. The van der Waals surface area contributed by atoms with Crippen LogP contribution in [0.3, 0.4) is 0 Å². The minimum Gasteiger partial charge on any atom is -0.497 e. The van der Waals surface area contributed by atoms with Crippen LogP contribution in [0.15, 0.2) is 40.1 Å². The van der Waals surface area contributed by atoms with E-state index in [4.69, 9.17) is 14.2 Å². The molecule has 37 heavy (non-hydrogen) atoms. The summed E-state index contributed by atoms with van der Waals surface area (Å²) in [5.74, 6) is 0.136. The van der Waals surface area contributed by atoms with E-state index in [2.05, 4.69) is 15.6 Å². The highest BCUT2D eigenvalue weighted by Gasteiger charge is 2.38. The molecule has 0 saturated carbocycles. The molecule has 2 amide bonds. The zero-order valence-corrected chi connectivity index (χ0v) is 21.6. The Morgan fingerprint density at radius 1 is 1.24 bits per heavy atom. The maximum Gasteiger partial charge on any atom is 0.408 e. The van der Waals surface area contributed by atoms with E-state index in [0.717, 1.165) is 5.56 Å². The number of nitrogens with zero attached hydrogens (tertiary/aromatic N) is 1. The molecule has 12 nitrogen and oxygen atoms in total. The van der Waals surface area contributed by atoms with Crippen molar-refractivity contribution < 1.29 is 28.9 Å². The van der Waals surface area contributed by atoms with Crippen molar-refractivity contribution >= 4 is 12.0 Å². The molecule has 0 spiro atoms. The van der Waals surface area contributed by atoms with Crippen LogP contribution in [0.4, 0.5) is 4.79 Å². The Labute approximate surface area is 213 Å². The van der Waals surface area contributed by atoms with E-state index in [0.29, 0.717) is 11.3 Å². The van der Waals surface area contributed by atoms with Gasteiger partial charge in [-0.2, -0.15) is 0 Å². The second kappa shape index (κ2) is 11.6. The highest BCUT2D eigenvalue weighted by Crippen LogP contribution is 2.27. The van der Waals surface area contributed by atoms with Crippen molar-refractivity contribution in [1.29, 1.82) is 0 Å². The molecular formula is C25H34N4O8. The van der Waals surface area contributed by atoms with Gasteiger partial charge in [0, 0.05) is 24.6 Å². The average molecular weight is 519 g/mol. The molecule has 202 valence electrons. The quantitative estimate of drug-likeness (QED) is 0.398. The molecule has 1 saturated heterocycles. The first kappa shape index (κ1) is 27.9. The summed E-state index contributed by atoms with van der Waals surface area (Å²) in [7, 11) is 1.55. The molecule has 0 radical (unpaired) electrons. The predicted molar refractivity (Wildman–Crippen MR) is 133 cm³/mol. The number of amides is 2. The van der Waals surface area contributed by atoms with Gasteiger partial charge < -0.3 is 30.0 Å². The molecule has 0 aliphatic carbocycles. The number of aliphatic hydroxyl groups is 1. The second-order valence-electron chi connectivity index (χ2n) is 9.89. The Balaban J connectivity index is 1.78. The summed E-state index contributed by atoms with van der Waals surface area (Å²) >= 11 is 0. The molecule has 2 aromatic rings. The molecule has 3 rings (SSSR count). The number of aryl methyl sites for hydroxylation is 1. The summed E-state index contributed by atoms with van der Waals surface area (Å²) in [5, 5.41) is 15.3. The second-order valence-corrected chi connectivity index (χ2v) is 9.89. The van der Waals surface area contributed by atoms with Crippen LogP contribution in [0.2, 0.25) is 0 Å². The number of carbonyl (C=O) groups excluding carboxylic acids is 2. The number of rotatable bonds is 8. The number of hydrogen-bond acceptors (Lipinski definition) is 8. The lowest BCUT2D eigenvalue weighted by molar-refractivity contribution is -0.124. The van der Waals surface area contributed by atoms with Gasteiger partial charge in [-0.25, -0.2) is 9.59 Å². The summed E-state index contributed by atoms with van der Waals surface area (Å²) in [6, 6.07) is 5.40. The normalized spacial score (nSPS) is 20.2. The number of aromatic nitrogens is 2. The van der Waals surface area contributed by atoms with E-state index in [1.54, 1.807) is 59.1 Å². The van der Waals surface area contributed by atoms with E-state index in [-0.39, 0.29) is 12.8 Å². The van der Waals surface area contributed by atoms with Crippen LogP contribution in [0.1, 0.15) is 44.5 Å². The fraction of sp³-hybridized carbons (Fsp3) is 0.520. The minimum atomic E-state index is -1.00. The van der Waals surface area contributed by atoms with Crippen LogP contribution in [0, 0.1) is 6.92 Å². The molecule has 1 aliphatic rings. The highest BCUT2D eigenvalue weighted by atomic mass is 16.6. The third kappa shape index (κ3) is 7.43. The van der Waals surface area contributed by atoms with Crippen LogP contribution in [0.25, 0.3) is 0 Å². The first-order valence-corrected chi connectivity index (χ1v) is 11.9. The number of methoxy groups -OCH3 is 1. The minimum absolute atomic E-state index is 0.157. The fourth-order valence-electron chi connectivity index (χ4n) is 3.96. The number of H-pyrrole nitrogens is 1. The third-order valence-electron chi connectivity index (χ3n) is 5.81. The lowest BCUT2D eigenvalue weighted by Crippen LogP contribution is -2.53. The number of nitrogens with one attached hydrogen (secondary N) is 3. The van der Waals surface area contributed by atoms with Crippen LogP contribution in [0.5, 0.6) is 5.75 Å². The highest BCUT2D eigenvalue weighted by molar-refractivity contribution is 5.86. The van der Waals surface area contributed by atoms with E-state index in [9.17, 15) is 24.3 Å². The lowest BCUT2D eigenvalue weighted by Gasteiger charge is -2.25. The number of aliphatic hydroxyl groups excluding tert-OH is 1. The Bertz CT molecular complexity index is 1210. The molecule has 4 N–H and O–H groups in total. The van der Waals surface area contributed by atoms with Crippen LogP contribution in [-0.4, -0.2) is 64.2 Å². The van der Waals surface area contributed by atoms with Gasteiger partial charge in [0.2, 0.25) is 5.91 Å². The largest absolute Gasteiger partial charge is 0.497 e. The lowest BCUT2D eigenvalue weighted by atomic mass is 10.0. The topological polar surface area (TPSA) is 161 Å². The zero-order valence-electron chi connectivity index (χ0n) is 21.6. The van der Waals surface area contributed by atoms with E-state index < -0.39 is 59.9 Å². The molecule has 1 aliphatic heterocycles. The maximum absolute atomic E-state index is 13.3. The Morgan fingerprint density at radius 2 is 1.92 bits per heavy atom. The Morgan fingerprint density at radius 3 is 2.51 bits per heavy atom. The van der Waals surface area contributed by atoms with Gasteiger partial charge in [0.1, 0.15) is 29.7 Å². The van der Waals surface area contributed by atoms with Crippen molar-refractivity contribution in [2.24, 2.45) is 0 Å². The summed E-state index contributed by atoms with van der Waals surface area (Å²) in [6.45, 7) is 6.29. The van der Waals surface area contributed by atoms with E-state index >= 15 is 0 Å². The van der Waals surface area contributed by atoms with Gasteiger partial charge in [0.15, 0.2) is 0 Å². The molecular weight excluding hydrogens is 484 g/mol. The van der Waals surface area contributed by atoms with E-state index in [1.165, 1.54) is 10.8 Å². The number of alkyl carbamates (subject to hydrolysis) is 1. The van der Waals surface area contributed by atoms with Gasteiger partial charge in [-0.3, -0.25) is 19.1 Å². The summed E-state index contributed by atoms with van der Waals surface area (Å²) in [5.41, 5.74) is -0.837. The SMILES string of the molecule is COc1ccc(C[C@H](NC(=O)OC(C)(C)C)C(=O)N[C@@H]2C[C@H](n3cc(C)c(=O)[nH]c3=O)O[C@H]2CO)cc1.